The molecule has 4 heteroatoms. The van der Waals surface area contributed by atoms with Gasteiger partial charge in [0.15, 0.2) is 0 Å². The van der Waals surface area contributed by atoms with Gasteiger partial charge in [-0.15, -0.1) is 0 Å². The van der Waals surface area contributed by atoms with Crippen molar-refractivity contribution in [3.8, 4) is 0 Å². The van der Waals surface area contributed by atoms with E-state index < -0.39 is 0 Å². The number of hydrogen-bond acceptors (Lipinski definition) is 2. The van der Waals surface area contributed by atoms with E-state index in [1.807, 2.05) is 12.1 Å². The Bertz CT molecular complexity index is 254. The van der Waals surface area contributed by atoms with E-state index in [1.165, 1.54) is 0 Å². The summed E-state index contributed by atoms with van der Waals surface area (Å²) in [6.07, 6.45) is 0. The number of benzene rings is 1. The predicted molar refractivity (Wildman–Crippen MR) is 47.8 cm³/mol. The lowest BCUT2D eigenvalue weighted by Gasteiger charge is -2.00. The Kier molecular flexibility index (Phi) is 3.33. The number of hydroxylamine groups is 1. The highest BCUT2D eigenvalue weighted by molar-refractivity contribution is 9.10. The third-order valence-corrected chi connectivity index (χ3v) is 2.50. The summed E-state index contributed by atoms with van der Waals surface area (Å²) in [5, 5.41) is 9.03. The number of hydrogen-bond donors (Lipinski definition) is 2. The fourth-order valence-corrected chi connectivity index (χ4v) is 1.19. The molecule has 0 spiro atoms. The van der Waals surface area contributed by atoms with Gasteiger partial charge in [-0.2, -0.15) is 0 Å². The van der Waals surface area contributed by atoms with Crippen LogP contribution in [0.15, 0.2) is 22.7 Å². The molecule has 1 rings (SSSR count). The van der Waals surface area contributed by atoms with Gasteiger partial charge in [-0.25, -0.2) is 5.48 Å². The van der Waals surface area contributed by atoms with E-state index in [9.17, 15) is 0 Å². The van der Waals surface area contributed by atoms with E-state index >= 15 is 0 Å². The van der Waals surface area contributed by atoms with E-state index in [0.717, 1.165) is 10.0 Å². The molecule has 0 bridgehead atoms. The van der Waals surface area contributed by atoms with Crippen molar-refractivity contribution in [2.24, 2.45) is 0 Å². The van der Waals surface area contributed by atoms with E-state index in [1.54, 1.807) is 6.07 Å². The van der Waals surface area contributed by atoms with Crippen molar-refractivity contribution in [1.29, 1.82) is 0 Å². The molecule has 1 aromatic carbocycles. The zero-order chi connectivity index (χ0) is 8.27. The quantitative estimate of drug-likeness (QED) is 0.774. The molecule has 0 atom stereocenters. The topological polar surface area (TPSA) is 32.3 Å². The monoisotopic (exact) mass is 235 g/mol. The average Bonchev–Trinajstić information content (AvgIpc) is 1.98. The Labute approximate surface area is 78.3 Å². The smallest absolute Gasteiger partial charge is 0.0551 e. The Morgan fingerprint density at radius 2 is 2.27 bits per heavy atom. The molecule has 0 unspecified atom stereocenters. The molecule has 0 saturated carbocycles. The van der Waals surface area contributed by atoms with E-state index in [0.29, 0.717) is 11.6 Å². The summed E-state index contributed by atoms with van der Waals surface area (Å²) >= 11 is 9.06. The van der Waals surface area contributed by atoms with Gasteiger partial charge >= 0.3 is 0 Å². The van der Waals surface area contributed by atoms with Gasteiger partial charge in [0.2, 0.25) is 0 Å². The van der Waals surface area contributed by atoms with Crippen LogP contribution in [-0.2, 0) is 6.54 Å². The zero-order valence-electron chi connectivity index (χ0n) is 5.64. The minimum Gasteiger partial charge on any atom is -0.316 e. The van der Waals surface area contributed by atoms with Gasteiger partial charge in [-0.3, -0.25) is 0 Å². The molecule has 60 valence electrons. The molecule has 0 aliphatic carbocycles. The molecule has 0 saturated heterocycles. The lowest BCUT2D eigenvalue weighted by atomic mass is 10.2. The highest BCUT2D eigenvalue weighted by atomic mass is 79.9. The van der Waals surface area contributed by atoms with Crippen LogP contribution in [0.1, 0.15) is 5.56 Å². The molecule has 0 fully saturated rings. The van der Waals surface area contributed by atoms with Crippen LogP contribution in [-0.4, -0.2) is 5.21 Å². The second kappa shape index (κ2) is 4.07. The number of halogens is 2. The summed E-state index contributed by atoms with van der Waals surface area (Å²) in [6.45, 7) is 0.410. The molecular weight excluding hydrogens is 229 g/mol. The molecular formula is C7H7BrClNO. The van der Waals surface area contributed by atoms with Crippen molar-refractivity contribution in [2.75, 3.05) is 0 Å². The van der Waals surface area contributed by atoms with Crippen LogP contribution in [0.3, 0.4) is 0 Å². The number of nitrogens with one attached hydrogen (secondary N) is 1. The largest absolute Gasteiger partial charge is 0.316 e. The molecule has 0 aromatic heterocycles. The third kappa shape index (κ3) is 2.45. The number of rotatable bonds is 2. The molecule has 11 heavy (non-hydrogen) atoms. The summed E-state index contributed by atoms with van der Waals surface area (Å²) in [7, 11) is 0. The molecule has 1 aromatic rings. The highest BCUT2D eigenvalue weighted by Gasteiger charge is 1.97. The van der Waals surface area contributed by atoms with Crippen molar-refractivity contribution >= 4 is 27.5 Å². The lowest BCUT2D eigenvalue weighted by Crippen LogP contribution is -2.05. The average molecular weight is 236 g/mol. The minimum atomic E-state index is 0.410. The van der Waals surface area contributed by atoms with Crippen LogP contribution in [0.4, 0.5) is 0 Å². The van der Waals surface area contributed by atoms with E-state index in [2.05, 4.69) is 21.4 Å². The highest BCUT2D eigenvalue weighted by Crippen LogP contribution is 2.22. The summed E-state index contributed by atoms with van der Waals surface area (Å²) in [6, 6.07) is 5.50. The molecule has 0 aliphatic rings. The third-order valence-electron chi connectivity index (χ3n) is 1.27. The maximum Gasteiger partial charge on any atom is 0.0551 e. The summed E-state index contributed by atoms with van der Waals surface area (Å²) in [5.74, 6) is 0. The fraction of sp³-hybridized carbons (Fsp3) is 0.143. The molecule has 0 radical (unpaired) electrons. The van der Waals surface area contributed by atoms with Crippen molar-refractivity contribution in [1.82, 2.24) is 5.48 Å². The Balaban J connectivity index is 2.86. The van der Waals surface area contributed by atoms with Crippen LogP contribution in [0.25, 0.3) is 0 Å². The van der Waals surface area contributed by atoms with Gasteiger partial charge in [0.25, 0.3) is 0 Å². The summed E-state index contributed by atoms with van der Waals surface area (Å²) in [5.41, 5.74) is 3.00. The summed E-state index contributed by atoms with van der Waals surface area (Å²) in [4.78, 5) is 0. The van der Waals surface area contributed by atoms with Crippen LogP contribution in [0.2, 0.25) is 5.02 Å². The first-order valence-electron chi connectivity index (χ1n) is 3.05. The van der Waals surface area contributed by atoms with Crippen molar-refractivity contribution < 1.29 is 5.21 Å². The van der Waals surface area contributed by atoms with Gasteiger partial charge < -0.3 is 5.21 Å². The molecule has 0 aliphatic heterocycles. The maximum absolute atomic E-state index is 8.38. The Morgan fingerprint density at radius 1 is 1.55 bits per heavy atom. The Morgan fingerprint density at radius 3 is 2.82 bits per heavy atom. The van der Waals surface area contributed by atoms with E-state index in [4.69, 9.17) is 16.8 Å². The van der Waals surface area contributed by atoms with Crippen LogP contribution < -0.4 is 5.48 Å². The van der Waals surface area contributed by atoms with Gasteiger partial charge in [0, 0.05) is 11.0 Å². The SMILES string of the molecule is ONCc1ccc(Br)c(Cl)c1. The van der Waals surface area contributed by atoms with Gasteiger partial charge in [0.05, 0.1) is 5.02 Å². The molecule has 0 heterocycles. The van der Waals surface area contributed by atoms with Crippen molar-refractivity contribution in [3.05, 3.63) is 33.3 Å². The fourth-order valence-electron chi connectivity index (χ4n) is 0.741. The van der Waals surface area contributed by atoms with Gasteiger partial charge in [-0.05, 0) is 33.6 Å². The first-order chi connectivity index (χ1) is 5.24. The lowest BCUT2D eigenvalue weighted by molar-refractivity contribution is 0.161. The van der Waals surface area contributed by atoms with Gasteiger partial charge in [0.1, 0.15) is 0 Å². The molecule has 0 amide bonds. The van der Waals surface area contributed by atoms with Crippen LogP contribution in [0.5, 0.6) is 0 Å². The molecule has 2 N–H and O–H groups in total. The van der Waals surface area contributed by atoms with E-state index in [-0.39, 0.29) is 0 Å². The zero-order valence-corrected chi connectivity index (χ0v) is 7.98. The maximum atomic E-state index is 8.38. The van der Waals surface area contributed by atoms with Gasteiger partial charge in [-0.1, -0.05) is 17.7 Å². The predicted octanol–water partition coefficient (Wildman–Crippen LogP) is 2.58. The normalized spacial score (nSPS) is 10.1. The Hall–Kier alpha value is -0.0900. The van der Waals surface area contributed by atoms with Crippen LogP contribution >= 0.6 is 27.5 Å². The van der Waals surface area contributed by atoms with Crippen molar-refractivity contribution in [3.63, 3.8) is 0 Å². The summed E-state index contributed by atoms with van der Waals surface area (Å²) < 4.78 is 0.862. The first kappa shape index (κ1) is 9.00. The minimum absolute atomic E-state index is 0.410. The first-order valence-corrected chi connectivity index (χ1v) is 4.22. The second-order valence-electron chi connectivity index (χ2n) is 2.08. The van der Waals surface area contributed by atoms with Crippen LogP contribution in [0, 0.1) is 0 Å². The molecule has 2 nitrogen and oxygen atoms in total. The standard InChI is InChI=1S/C7H7BrClNO/c8-6-2-1-5(4-10-11)3-7(6)9/h1-3,10-11H,4H2. The second-order valence-corrected chi connectivity index (χ2v) is 3.34. The van der Waals surface area contributed by atoms with Crippen molar-refractivity contribution in [2.45, 2.75) is 6.54 Å².